The molecular formula is C26H29F2N5O3S. The second kappa shape index (κ2) is 11.2. The number of rotatable bonds is 9. The van der Waals surface area contributed by atoms with Gasteiger partial charge in [0.05, 0.1) is 12.7 Å². The van der Waals surface area contributed by atoms with E-state index in [2.05, 4.69) is 15.6 Å². The van der Waals surface area contributed by atoms with Gasteiger partial charge in [-0.25, -0.2) is 26.5 Å². The van der Waals surface area contributed by atoms with E-state index < -0.39 is 27.6 Å². The van der Waals surface area contributed by atoms with Crippen LogP contribution in [0.2, 0.25) is 0 Å². The Morgan fingerprint density at radius 1 is 1.08 bits per heavy atom. The fraction of sp³-hybridized carbons (Fsp3) is 0.308. The van der Waals surface area contributed by atoms with Gasteiger partial charge in [0, 0.05) is 54.9 Å². The van der Waals surface area contributed by atoms with Crippen LogP contribution in [-0.2, 0) is 27.8 Å². The predicted octanol–water partition coefficient (Wildman–Crippen LogP) is 3.88. The first kappa shape index (κ1) is 26.5. The van der Waals surface area contributed by atoms with Crippen LogP contribution in [-0.4, -0.2) is 43.0 Å². The van der Waals surface area contributed by atoms with Crippen molar-refractivity contribution in [2.75, 3.05) is 30.0 Å². The first-order valence-electron chi connectivity index (χ1n) is 11.8. The van der Waals surface area contributed by atoms with Crippen LogP contribution < -0.4 is 16.4 Å². The zero-order valence-electron chi connectivity index (χ0n) is 20.4. The quantitative estimate of drug-likeness (QED) is 0.387. The zero-order chi connectivity index (χ0) is 26.6. The fourth-order valence-corrected chi connectivity index (χ4v) is 5.34. The molecule has 37 heavy (non-hydrogen) atoms. The maximum Gasteiger partial charge on any atom is 0.221 e. The summed E-state index contributed by atoms with van der Waals surface area (Å²) in [4.78, 5) is 15.9. The number of halogens is 2. The van der Waals surface area contributed by atoms with Crippen molar-refractivity contribution in [2.24, 2.45) is 5.73 Å². The maximum atomic E-state index is 13.5. The zero-order valence-corrected chi connectivity index (χ0v) is 21.2. The number of sulfonamides is 1. The second-order valence-electron chi connectivity index (χ2n) is 9.18. The van der Waals surface area contributed by atoms with Crippen molar-refractivity contribution in [1.29, 1.82) is 0 Å². The van der Waals surface area contributed by atoms with Gasteiger partial charge in [0.15, 0.2) is 0 Å². The molecule has 4 rings (SSSR count). The van der Waals surface area contributed by atoms with Crippen LogP contribution in [0.3, 0.4) is 0 Å². The number of carbonyl (C=O) groups is 1. The first-order chi connectivity index (χ1) is 17.6. The third kappa shape index (κ3) is 7.23. The van der Waals surface area contributed by atoms with Crippen LogP contribution in [0.15, 0.2) is 54.7 Å². The number of carbonyl (C=O) groups excluding carboxylic acids is 1. The number of benzene rings is 2. The molecule has 0 bridgehead atoms. The molecule has 11 heteroatoms. The van der Waals surface area contributed by atoms with E-state index in [1.807, 2.05) is 24.3 Å². The van der Waals surface area contributed by atoms with Gasteiger partial charge in [-0.05, 0) is 54.2 Å². The summed E-state index contributed by atoms with van der Waals surface area (Å²) in [5, 5.41) is 6.34. The molecule has 0 spiro atoms. The molecule has 1 amide bonds. The molecule has 8 nitrogen and oxygen atoms in total. The molecule has 0 aliphatic carbocycles. The Morgan fingerprint density at radius 3 is 2.32 bits per heavy atom. The molecule has 196 valence electrons. The van der Waals surface area contributed by atoms with Crippen molar-refractivity contribution < 1.29 is 22.0 Å². The lowest BCUT2D eigenvalue weighted by atomic mass is 9.90. The number of hydrogen-bond acceptors (Lipinski definition) is 6. The van der Waals surface area contributed by atoms with Crippen LogP contribution in [0, 0.1) is 11.6 Å². The van der Waals surface area contributed by atoms with Crippen molar-refractivity contribution in [3.05, 3.63) is 83.1 Å². The number of pyridine rings is 1. The highest BCUT2D eigenvalue weighted by molar-refractivity contribution is 7.88. The minimum Gasteiger partial charge on any atom is -0.381 e. The van der Waals surface area contributed by atoms with Gasteiger partial charge in [0.25, 0.3) is 0 Å². The largest absolute Gasteiger partial charge is 0.381 e. The minimum atomic E-state index is -3.16. The van der Waals surface area contributed by atoms with Gasteiger partial charge in [0.2, 0.25) is 15.9 Å². The SMILES string of the molecule is CS(=O)(=O)N1CCC(c2ccc(Nc3cc(NCc4cc(F)cc(F)c4)c(CC(N)=O)cn3)cc2)CC1. The van der Waals surface area contributed by atoms with E-state index in [1.54, 1.807) is 6.07 Å². The Bertz CT molecular complexity index is 1360. The number of aromatic nitrogens is 1. The van der Waals surface area contributed by atoms with Crippen LogP contribution in [0.25, 0.3) is 0 Å². The number of anilines is 3. The molecule has 0 atom stereocenters. The minimum absolute atomic E-state index is 0.0417. The smallest absolute Gasteiger partial charge is 0.221 e. The number of hydrogen-bond donors (Lipinski definition) is 3. The standard InChI is InChI=1S/C26H29F2N5O3S/c1-37(35,36)33-8-6-19(7-9-33)18-2-4-23(5-3-18)32-26-14-24(20(16-31-26)12-25(29)34)30-15-17-10-21(27)13-22(28)11-17/h2-5,10-11,13-14,16,19H,6-9,12,15H2,1H3,(H2,29,34)(H2,30,31,32). The predicted molar refractivity (Wildman–Crippen MR) is 139 cm³/mol. The van der Waals surface area contributed by atoms with Crippen LogP contribution >= 0.6 is 0 Å². The summed E-state index contributed by atoms with van der Waals surface area (Å²) in [5.74, 6) is -1.07. The van der Waals surface area contributed by atoms with Crippen LogP contribution in [0.4, 0.5) is 26.0 Å². The van der Waals surface area contributed by atoms with Gasteiger partial charge >= 0.3 is 0 Å². The topological polar surface area (TPSA) is 117 Å². The highest BCUT2D eigenvalue weighted by atomic mass is 32.2. The number of amides is 1. The molecular weight excluding hydrogens is 500 g/mol. The van der Waals surface area contributed by atoms with Crippen molar-refractivity contribution in [3.8, 4) is 0 Å². The van der Waals surface area contributed by atoms with E-state index in [4.69, 9.17) is 5.73 Å². The van der Waals surface area contributed by atoms with E-state index in [9.17, 15) is 22.0 Å². The summed E-state index contributed by atoms with van der Waals surface area (Å²) in [6, 6.07) is 12.9. The monoisotopic (exact) mass is 529 g/mol. The van der Waals surface area contributed by atoms with Gasteiger partial charge in [-0.15, -0.1) is 0 Å². The van der Waals surface area contributed by atoms with Gasteiger partial charge in [-0.3, -0.25) is 4.79 Å². The normalized spacial score (nSPS) is 14.9. The maximum absolute atomic E-state index is 13.5. The summed E-state index contributed by atoms with van der Waals surface area (Å²) in [5.41, 5.74) is 8.84. The molecule has 1 fully saturated rings. The Balaban J connectivity index is 1.44. The van der Waals surface area contributed by atoms with Crippen molar-refractivity contribution in [3.63, 3.8) is 0 Å². The number of piperidine rings is 1. The molecule has 1 aliphatic rings. The van der Waals surface area contributed by atoms with Gasteiger partial charge in [0.1, 0.15) is 17.5 Å². The molecule has 0 saturated carbocycles. The fourth-order valence-electron chi connectivity index (χ4n) is 4.46. The third-order valence-corrected chi connectivity index (χ3v) is 7.64. The van der Waals surface area contributed by atoms with E-state index >= 15 is 0 Å². The molecule has 1 aromatic heterocycles. The number of nitrogens with zero attached hydrogens (tertiary/aromatic N) is 2. The van der Waals surface area contributed by atoms with Gasteiger partial charge < -0.3 is 16.4 Å². The summed E-state index contributed by atoms with van der Waals surface area (Å²) in [6.07, 6.45) is 4.27. The van der Waals surface area contributed by atoms with Crippen LogP contribution in [0.5, 0.6) is 0 Å². The first-order valence-corrected chi connectivity index (χ1v) is 13.7. The molecule has 3 aromatic rings. The Hall–Kier alpha value is -3.57. The molecule has 1 saturated heterocycles. The highest BCUT2D eigenvalue weighted by Crippen LogP contribution is 2.30. The Kier molecular flexibility index (Phi) is 8.03. The summed E-state index contributed by atoms with van der Waals surface area (Å²) in [6.45, 7) is 1.17. The van der Waals surface area contributed by atoms with Gasteiger partial charge in [-0.2, -0.15) is 0 Å². The summed E-state index contributed by atoms with van der Waals surface area (Å²) >= 11 is 0. The lowest BCUT2D eigenvalue weighted by Crippen LogP contribution is -2.37. The highest BCUT2D eigenvalue weighted by Gasteiger charge is 2.25. The number of nitrogens with one attached hydrogen (secondary N) is 2. The average Bonchev–Trinajstić information content (AvgIpc) is 2.83. The molecule has 2 aromatic carbocycles. The lowest BCUT2D eigenvalue weighted by Gasteiger charge is -2.30. The van der Waals surface area contributed by atoms with E-state index in [0.717, 1.165) is 30.2 Å². The summed E-state index contributed by atoms with van der Waals surface area (Å²) < 4.78 is 52.1. The second-order valence-corrected chi connectivity index (χ2v) is 11.2. The van der Waals surface area contributed by atoms with E-state index in [-0.39, 0.29) is 13.0 Å². The molecule has 1 aliphatic heterocycles. The lowest BCUT2D eigenvalue weighted by molar-refractivity contribution is -0.117. The third-order valence-electron chi connectivity index (χ3n) is 6.33. The van der Waals surface area contributed by atoms with Crippen molar-refractivity contribution >= 4 is 33.1 Å². The number of primary amides is 1. The summed E-state index contributed by atoms with van der Waals surface area (Å²) in [7, 11) is -3.16. The average molecular weight is 530 g/mol. The van der Waals surface area contributed by atoms with E-state index in [1.165, 1.54) is 28.9 Å². The van der Waals surface area contributed by atoms with Crippen LogP contribution in [0.1, 0.15) is 35.4 Å². The Labute approximate surface area is 214 Å². The molecule has 0 unspecified atom stereocenters. The van der Waals surface area contributed by atoms with E-state index in [0.29, 0.717) is 41.6 Å². The molecule has 0 radical (unpaired) electrons. The molecule has 4 N–H and O–H groups in total. The Morgan fingerprint density at radius 2 is 1.73 bits per heavy atom. The molecule has 2 heterocycles. The van der Waals surface area contributed by atoms with Crippen molar-refractivity contribution in [2.45, 2.75) is 31.7 Å². The number of nitrogens with two attached hydrogens (primary N) is 1. The van der Waals surface area contributed by atoms with Crippen molar-refractivity contribution in [1.82, 2.24) is 9.29 Å². The van der Waals surface area contributed by atoms with Gasteiger partial charge in [-0.1, -0.05) is 12.1 Å².